The molecule has 1 aromatic heterocycles. The lowest BCUT2D eigenvalue weighted by Crippen LogP contribution is -2.32. The SMILES string of the molecule is COc1ccccc1OCCNC(=O)COC(=O)c1ccc(-n2nccc2C)cc1. The van der Waals surface area contributed by atoms with E-state index in [0.717, 1.165) is 11.4 Å². The predicted molar refractivity (Wildman–Crippen MR) is 110 cm³/mol. The molecule has 1 amide bonds. The van der Waals surface area contributed by atoms with Crippen molar-refractivity contribution in [3.63, 3.8) is 0 Å². The lowest BCUT2D eigenvalue weighted by atomic mass is 10.2. The minimum atomic E-state index is -0.570. The lowest BCUT2D eigenvalue weighted by Gasteiger charge is -2.11. The number of methoxy groups -OCH3 is 1. The molecule has 1 heterocycles. The highest BCUT2D eigenvalue weighted by Gasteiger charge is 2.11. The number of esters is 1. The van der Waals surface area contributed by atoms with E-state index in [4.69, 9.17) is 14.2 Å². The van der Waals surface area contributed by atoms with Gasteiger partial charge in [0.15, 0.2) is 18.1 Å². The van der Waals surface area contributed by atoms with Crippen LogP contribution in [0.5, 0.6) is 11.5 Å². The fourth-order valence-corrected chi connectivity index (χ4v) is 2.73. The summed E-state index contributed by atoms with van der Waals surface area (Å²) < 4.78 is 17.6. The Morgan fingerprint density at radius 3 is 2.43 bits per heavy atom. The summed E-state index contributed by atoms with van der Waals surface area (Å²) in [6.45, 7) is 2.10. The van der Waals surface area contributed by atoms with E-state index >= 15 is 0 Å². The van der Waals surface area contributed by atoms with Crippen LogP contribution in [0.2, 0.25) is 0 Å². The van der Waals surface area contributed by atoms with Gasteiger partial charge in [-0.2, -0.15) is 5.10 Å². The van der Waals surface area contributed by atoms with Crippen molar-refractivity contribution in [2.24, 2.45) is 0 Å². The van der Waals surface area contributed by atoms with Crippen molar-refractivity contribution in [2.75, 3.05) is 26.9 Å². The summed E-state index contributed by atoms with van der Waals surface area (Å²) in [6, 6.07) is 15.9. The number of rotatable bonds is 9. The van der Waals surface area contributed by atoms with Gasteiger partial charge in [-0.05, 0) is 49.4 Å². The van der Waals surface area contributed by atoms with Gasteiger partial charge in [-0.25, -0.2) is 9.48 Å². The van der Waals surface area contributed by atoms with Gasteiger partial charge in [0.25, 0.3) is 5.91 Å². The minimum absolute atomic E-state index is 0.258. The maximum Gasteiger partial charge on any atom is 0.338 e. The number of ether oxygens (including phenoxy) is 3. The molecule has 0 saturated carbocycles. The van der Waals surface area contributed by atoms with E-state index in [1.165, 1.54) is 0 Å². The van der Waals surface area contributed by atoms with E-state index in [0.29, 0.717) is 17.1 Å². The summed E-state index contributed by atoms with van der Waals surface area (Å²) in [6.07, 6.45) is 1.71. The molecule has 0 aliphatic carbocycles. The van der Waals surface area contributed by atoms with E-state index < -0.39 is 11.9 Å². The van der Waals surface area contributed by atoms with Crippen molar-refractivity contribution in [2.45, 2.75) is 6.92 Å². The Balaban J connectivity index is 1.40. The van der Waals surface area contributed by atoms with Crippen LogP contribution in [-0.2, 0) is 9.53 Å². The molecule has 0 radical (unpaired) electrons. The van der Waals surface area contributed by atoms with E-state index in [2.05, 4.69) is 10.4 Å². The van der Waals surface area contributed by atoms with Crippen molar-refractivity contribution in [3.8, 4) is 17.2 Å². The highest BCUT2D eigenvalue weighted by molar-refractivity contribution is 5.91. The maximum absolute atomic E-state index is 12.1. The number of aryl methyl sites for hydroxylation is 1. The Labute approximate surface area is 174 Å². The van der Waals surface area contributed by atoms with Crippen molar-refractivity contribution in [1.82, 2.24) is 15.1 Å². The van der Waals surface area contributed by atoms with Crippen molar-refractivity contribution in [1.29, 1.82) is 0 Å². The van der Waals surface area contributed by atoms with E-state index in [-0.39, 0.29) is 19.8 Å². The number of benzene rings is 2. The van der Waals surface area contributed by atoms with E-state index in [9.17, 15) is 9.59 Å². The molecule has 0 saturated heterocycles. The molecule has 2 aromatic carbocycles. The molecular weight excluding hydrogens is 386 g/mol. The predicted octanol–water partition coefficient (Wildman–Crippen LogP) is 2.54. The largest absolute Gasteiger partial charge is 0.493 e. The molecule has 3 aromatic rings. The van der Waals surface area contributed by atoms with Crippen LogP contribution < -0.4 is 14.8 Å². The van der Waals surface area contributed by atoms with Crippen LogP contribution in [0.25, 0.3) is 5.69 Å². The number of nitrogens with zero attached hydrogens (tertiary/aromatic N) is 2. The zero-order chi connectivity index (χ0) is 21.3. The third-order valence-electron chi connectivity index (χ3n) is 4.26. The van der Waals surface area contributed by atoms with Gasteiger partial charge in [0, 0.05) is 11.9 Å². The maximum atomic E-state index is 12.1. The molecule has 0 atom stereocenters. The fourth-order valence-electron chi connectivity index (χ4n) is 2.73. The van der Waals surface area contributed by atoms with Crippen molar-refractivity contribution in [3.05, 3.63) is 72.1 Å². The van der Waals surface area contributed by atoms with Crippen molar-refractivity contribution < 1.29 is 23.8 Å². The number of nitrogens with one attached hydrogen (secondary N) is 1. The van der Waals surface area contributed by atoms with E-state index in [1.807, 2.05) is 25.1 Å². The second kappa shape index (κ2) is 10.1. The van der Waals surface area contributed by atoms with Gasteiger partial charge in [-0.1, -0.05) is 12.1 Å². The average molecular weight is 409 g/mol. The van der Waals surface area contributed by atoms with Gasteiger partial charge in [-0.3, -0.25) is 4.79 Å². The Morgan fingerprint density at radius 1 is 1.03 bits per heavy atom. The van der Waals surface area contributed by atoms with Gasteiger partial charge >= 0.3 is 5.97 Å². The monoisotopic (exact) mass is 409 g/mol. The van der Waals surface area contributed by atoms with Crippen LogP contribution in [-0.4, -0.2) is 48.5 Å². The molecule has 0 aliphatic rings. The molecule has 156 valence electrons. The Morgan fingerprint density at radius 2 is 1.77 bits per heavy atom. The van der Waals surface area contributed by atoms with E-state index in [1.54, 1.807) is 54.4 Å². The molecule has 8 nitrogen and oxygen atoms in total. The third kappa shape index (κ3) is 5.38. The summed E-state index contributed by atoms with van der Waals surface area (Å²) in [4.78, 5) is 24.0. The molecule has 0 fully saturated rings. The van der Waals surface area contributed by atoms with Crippen LogP contribution in [0.4, 0.5) is 0 Å². The highest BCUT2D eigenvalue weighted by atomic mass is 16.5. The van der Waals surface area contributed by atoms with Gasteiger partial charge in [0.05, 0.1) is 24.9 Å². The Kier molecular flexibility index (Phi) is 7.05. The zero-order valence-corrected chi connectivity index (χ0v) is 16.8. The number of para-hydroxylation sites is 2. The van der Waals surface area contributed by atoms with Crippen LogP contribution in [0.3, 0.4) is 0 Å². The molecular formula is C22H23N3O5. The van der Waals surface area contributed by atoms with Gasteiger partial charge in [0.1, 0.15) is 6.61 Å². The Bertz CT molecular complexity index is 998. The molecule has 30 heavy (non-hydrogen) atoms. The highest BCUT2D eigenvalue weighted by Crippen LogP contribution is 2.25. The smallest absolute Gasteiger partial charge is 0.338 e. The number of carbonyl (C=O) groups excluding carboxylic acids is 2. The van der Waals surface area contributed by atoms with Crippen LogP contribution in [0, 0.1) is 6.92 Å². The topological polar surface area (TPSA) is 91.7 Å². The second-order valence-electron chi connectivity index (χ2n) is 6.36. The summed E-state index contributed by atoms with van der Waals surface area (Å²) in [5.41, 5.74) is 2.18. The molecule has 0 aliphatic heterocycles. The first-order chi connectivity index (χ1) is 14.6. The normalized spacial score (nSPS) is 10.3. The fraction of sp³-hybridized carbons (Fsp3) is 0.227. The second-order valence-corrected chi connectivity index (χ2v) is 6.36. The van der Waals surface area contributed by atoms with Crippen LogP contribution in [0.15, 0.2) is 60.8 Å². The van der Waals surface area contributed by atoms with Gasteiger partial charge in [-0.15, -0.1) is 0 Å². The van der Waals surface area contributed by atoms with Gasteiger partial charge in [0.2, 0.25) is 0 Å². The first-order valence-corrected chi connectivity index (χ1v) is 9.39. The number of aromatic nitrogens is 2. The average Bonchev–Trinajstić information content (AvgIpc) is 3.21. The minimum Gasteiger partial charge on any atom is -0.493 e. The Hall–Kier alpha value is -3.81. The summed E-state index contributed by atoms with van der Waals surface area (Å²) in [5.74, 6) is 0.232. The zero-order valence-electron chi connectivity index (χ0n) is 16.8. The summed E-state index contributed by atoms with van der Waals surface area (Å²) in [7, 11) is 1.56. The quantitative estimate of drug-likeness (QED) is 0.431. The van der Waals surface area contributed by atoms with Crippen LogP contribution in [0.1, 0.15) is 16.1 Å². The first kappa shape index (κ1) is 20.9. The molecule has 0 spiro atoms. The molecule has 0 bridgehead atoms. The van der Waals surface area contributed by atoms with Gasteiger partial charge < -0.3 is 19.5 Å². The molecule has 3 rings (SSSR count). The summed E-state index contributed by atoms with van der Waals surface area (Å²) >= 11 is 0. The third-order valence-corrected chi connectivity index (χ3v) is 4.26. The lowest BCUT2D eigenvalue weighted by molar-refractivity contribution is -0.124. The summed E-state index contributed by atoms with van der Waals surface area (Å²) in [5, 5.41) is 6.85. The number of hydrogen-bond donors (Lipinski definition) is 1. The van der Waals surface area contributed by atoms with Crippen molar-refractivity contribution >= 4 is 11.9 Å². The molecule has 1 N–H and O–H groups in total. The number of amides is 1. The number of carbonyl (C=O) groups is 2. The number of hydrogen-bond acceptors (Lipinski definition) is 6. The first-order valence-electron chi connectivity index (χ1n) is 9.39. The molecule has 8 heteroatoms. The molecule has 0 unspecified atom stereocenters. The standard InChI is InChI=1S/C22H23N3O5/c1-16-11-12-24-25(16)18-9-7-17(8-10-18)22(27)30-15-21(26)23-13-14-29-20-6-4-3-5-19(20)28-2/h3-12H,13-15H2,1-2H3,(H,23,26). The van der Waals surface area contributed by atoms with Crippen LogP contribution >= 0.6 is 0 Å².